The number of morpholine rings is 1. The van der Waals surface area contributed by atoms with E-state index in [0.717, 1.165) is 24.2 Å². The normalized spacial score (nSPS) is 19.4. The van der Waals surface area contributed by atoms with Crippen LogP contribution in [-0.2, 0) is 9.53 Å². The topological polar surface area (TPSA) is 92.3 Å². The SMILES string of the molecule is CC1CN(c2nc(Nc3ccc(C4CCCCC4)cc3)c3cc(NC=O)cnc3n2)CCO1. The summed E-state index contributed by atoms with van der Waals surface area (Å²) in [4.78, 5) is 27.1. The van der Waals surface area contributed by atoms with Gasteiger partial charge in [0.25, 0.3) is 0 Å². The number of nitrogens with one attached hydrogen (secondary N) is 2. The van der Waals surface area contributed by atoms with Gasteiger partial charge in [0.05, 0.1) is 30.0 Å². The van der Waals surface area contributed by atoms with Crippen LogP contribution in [0.3, 0.4) is 0 Å². The number of aromatic nitrogens is 3. The van der Waals surface area contributed by atoms with Gasteiger partial charge in [-0.15, -0.1) is 0 Å². The number of benzene rings is 1. The van der Waals surface area contributed by atoms with Gasteiger partial charge < -0.3 is 20.3 Å². The maximum atomic E-state index is 10.9. The Balaban J connectivity index is 1.47. The van der Waals surface area contributed by atoms with E-state index in [1.807, 2.05) is 6.07 Å². The van der Waals surface area contributed by atoms with E-state index >= 15 is 0 Å². The average molecular weight is 447 g/mol. The number of carbonyl (C=O) groups is 1. The highest BCUT2D eigenvalue weighted by atomic mass is 16.5. The molecule has 1 saturated heterocycles. The lowest BCUT2D eigenvalue weighted by molar-refractivity contribution is -0.105. The van der Waals surface area contributed by atoms with Gasteiger partial charge >= 0.3 is 0 Å². The molecule has 2 aliphatic rings. The molecule has 172 valence electrons. The third kappa shape index (κ3) is 4.90. The predicted molar refractivity (Wildman–Crippen MR) is 130 cm³/mol. The first-order valence-corrected chi connectivity index (χ1v) is 11.8. The molecule has 2 aromatic heterocycles. The Morgan fingerprint density at radius 1 is 1.09 bits per heavy atom. The molecule has 8 nitrogen and oxygen atoms in total. The molecule has 1 atom stereocenters. The van der Waals surface area contributed by atoms with E-state index in [4.69, 9.17) is 14.7 Å². The third-order valence-electron chi connectivity index (χ3n) is 6.54. The van der Waals surface area contributed by atoms with E-state index in [0.29, 0.717) is 42.0 Å². The Morgan fingerprint density at radius 3 is 2.67 bits per heavy atom. The molecule has 1 saturated carbocycles. The van der Waals surface area contributed by atoms with Crippen molar-refractivity contribution < 1.29 is 9.53 Å². The van der Waals surface area contributed by atoms with Crippen molar-refractivity contribution in [2.45, 2.75) is 51.0 Å². The molecule has 1 aromatic carbocycles. The maximum Gasteiger partial charge on any atom is 0.229 e. The van der Waals surface area contributed by atoms with Crippen molar-refractivity contribution in [1.82, 2.24) is 15.0 Å². The van der Waals surface area contributed by atoms with Crippen LogP contribution in [-0.4, -0.2) is 47.2 Å². The quantitative estimate of drug-likeness (QED) is 0.534. The van der Waals surface area contributed by atoms with Crippen LogP contribution < -0.4 is 15.5 Å². The summed E-state index contributed by atoms with van der Waals surface area (Å²) in [6.07, 6.45) is 8.94. The van der Waals surface area contributed by atoms with Crippen LogP contribution in [0.2, 0.25) is 0 Å². The zero-order valence-corrected chi connectivity index (χ0v) is 19.0. The molecule has 8 heteroatoms. The fraction of sp³-hybridized carbons (Fsp3) is 0.440. The lowest BCUT2D eigenvalue weighted by Gasteiger charge is -2.31. The van der Waals surface area contributed by atoms with Crippen molar-refractivity contribution in [3.63, 3.8) is 0 Å². The van der Waals surface area contributed by atoms with Gasteiger partial charge in [-0.1, -0.05) is 31.4 Å². The van der Waals surface area contributed by atoms with Crippen molar-refractivity contribution in [3.05, 3.63) is 42.1 Å². The Hall–Kier alpha value is -3.26. The largest absolute Gasteiger partial charge is 0.375 e. The smallest absolute Gasteiger partial charge is 0.229 e. The van der Waals surface area contributed by atoms with Crippen molar-refractivity contribution in [2.75, 3.05) is 35.2 Å². The molecular weight excluding hydrogens is 416 g/mol. The number of hydrogen-bond donors (Lipinski definition) is 2. The molecule has 1 amide bonds. The van der Waals surface area contributed by atoms with Gasteiger partial charge in [0.15, 0.2) is 5.65 Å². The molecule has 5 rings (SSSR count). The minimum Gasteiger partial charge on any atom is -0.375 e. The van der Waals surface area contributed by atoms with Gasteiger partial charge in [0.2, 0.25) is 12.4 Å². The molecule has 0 radical (unpaired) electrons. The first-order valence-electron chi connectivity index (χ1n) is 11.8. The molecule has 33 heavy (non-hydrogen) atoms. The summed E-state index contributed by atoms with van der Waals surface area (Å²) in [7, 11) is 0. The van der Waals surface area contributed by atoms with Gasteiger partial charge in [0.1, 0.15) is 5.82 Å². The van der Waals surface area contributed by atoms with Crippen LogP contribution in [0.1, 0.15) is 50.5 Å². The van der Waals surface area contributed by atoms with Crippen LogP contribution >= 0.6 is 0 Å². The first kappa shape index (κ1) is 21.6. The lowest BCUT2D eigenvalue weighted by Crippen LogP contribution is -2.42. The maximum absolute atomic E-state index is 10.9. The van der Waals surface area contributed by atoms with Gasteiger partial charge in [-0.25, -0.2) is 4.98 Å². The number of rotatable bonds is 6. The van der Waals surface area contributed by atoms with Crippen LogP contribution in [0.4, 0.5) is 23.1 Å². The average Bonchev–Trinajstić information content (AvgIpc) is 2.85. The molecular formula is C25H30N6O2. The van der Waals surface area contributed by atoms with E-state index in [1.165, 1.54) is 37.7 Å². The molecule has 0 bridgehead atoms. The Labute approximate surface area is 193 Å². The van der Waals surface area contributed by atoms with Gasteiger partial charge in [-0.05, 0) is 49.4 Å². The second-order valence-corrected chi connectivity index (χ2v) is 8.94. The highest BCUT2D eigenvalue weighted by Gasteiger charge is 2.21. The van der Waals surface area contributed by atoms with Crippen molar-refractivity contribution in [2.24, 2.45) is 0 Å². The van der Waals surface area contributed by atoms with E-state index < -0.39 is 0 Å². The van der Waals surface area contributed by atoms with E-state index in [9.17, 15) is 4.79 Å². The second kappa shape index (κ2) is 9.70. The summed E-state index contributed by atoms with van der Waals surface area (Å²) in [5.41, 5.74) is 3.56. The number of ether oxygens (including phenoxy) is 1. The molecule has 2 N–H and O–H groups in total. The molecule has 1 aliphatic heterocycles. The third-order valence-corrected chi connectivity index (χ3v) is 6.54. The van der Waals surface area contributed by atoms with Gasteiger partial charge in [0, 0.05) is 18.8 Å². The number of amides is 1. The van der Waals surface area contributed by atoms with E-state index in [-0.39, 0.29) is 6.10 Å². The minimum atomic E-state index is 0.119. The number of hydrogen-bond acceptors (Lipinski definition) is 7. The number of anilines is 4. The summed E-state index contributed by atoms with van der Waals surface area (Å²) >= 11 is 0. The van der Waals surface area contributed by atoms with Crippen LogP contribution in [0.15, 0.2) is 36.5 Å². The van der Waals surface area contributed by atoms with Gasteiger partial charge in [-0.2, -0.15) is 9.97 Å². The van der Waals surface area contributed by atoms with E-state index in [1.54, 1.807) is 6.20 Å². The lowest BCUT2D eigenvalue weighted by atomic mass is 9.84. The summed E-state index contributed by atoms with van der Waals surface area (Å²) in [5.74, 6) is 1.97. The highest BCUT2D eigenvalue weighted by molar-refractivity contribution is 5.92. The highest BCUT2D eigenvalue weighted by Crippen LogP contribution is 2.34. The Bertz CT molecular complexity index is 1110. The standard InChI is InChI=1S/C25H30N6O2/c1-17-15-31(11-12-33-17)25-29-23-22(13-21(14-26-23)27-16-32)24(30-25)28-20-9-7-19(8-10-20)18-5-3-2-4-6-18/h7-10,13-14,16-18H,2-6,11-12,15H2,1H3,(H,27,32)(H,26,28,29,30). The Morgan fingerprint density at radius 2 is 1.91 bits per heavy atom. The zero-order valence-electron chi connectivity index (χ0n) is 19.0. The number of fused-ring (bicyclic) bond motifs is 1. The zero-order chi connectivity index (χ0) is 22.6. The van der Waals surface area contributed by atoms with Crippen LogP contribution in [0, 0.1) is 0 Å². The molecule has 1 aliphatic carbocycles. The first-order chi connectivity index (χ1) is 16.2. The van der Waals surface area contributed by atoms with Crippen LogP contribution in [0.25, 0.3) is 11.0 Å². The minimum absolute atomic E-state index is 0.119. The summed E-state index contributed by atoms with van der Waals surface area (Å²) in [6, 6.07) is 10.5. The Kier molecular flexibility index (Phi) is 6.35. The van der Waals surface area contributed by atoms with Crippen molar-refractivity contribution in [1.29, 1.82) is 0 Å². The summed E-state index contributed by atoms with van der Waals surface area (Å²) in [5, 5.41) is 6.89. The predicted octanol–water partition coefficient (Wildman–Crippen LogP) is 4.61. The molecule has 3 heterocycles. The number of pyridine rings is 1. The summed E-state index contributed by atoms with van der Waals surface area (Å²) in [6.45, 7) is 4.15. The fourth-order valence-corrected chi connectivity index (χ4v) is 4.80. The molecule has 2 fully saturated rings. The van der Waals surface area contributed by atoms with Crippen LogP contribution in [0.5, 0.6) is 0 Å². The van der Waals surface area contributed by atoms with E-state index in [2.05, 4.69) is 51.7 Å². The molecule has 3 aromatic rings. The fourth-order valence-electron chi connectivity index (χ4n) is 4.80. The molecule has 0 spiro atoms. The van der Waals surface area contributed by atoms with Crippen molar-refractivity contribution in [3.8, 4) is 0 Å². The number of carbonyl (C=O) groups excluding carboxylic acids is 1. The summed E-state index contributed by atoms with van der Waals surface area (Å²) < 4.78 is 5.68. The van der Waals surface area contributed by atoms with Crippen molar-refractivity contribution >= 4 is 40.6 Å². The molecule has 1 unspecified atom stereocenters. The number of nitrogens with zero attached hydrogens (tertiary/aromatic N) is 4. The monoisotopic (exact) mass is 446 g/mol. The second-order valence-electron chi connectivity index (χ2n) is 8.94. The van der Waals surface area contributed by atoms with Gasteiger partial charge in [-0.3, -0.25) is 4.79 Å².